The van der Waals surface area contributed by atoms with Gasteiger partial charge in [0, 0.05) is 37.8 Å². The van der Waals surface area contributed by atoms with Crippen molar-refractivity contribution < 1.29 is 4.39 Å². The van der Waals surface area contributed by atoms with E-state index >= 15 is 0 Å². The van der Waals surface area contributed by atoms with E-state index in [9.17, 15) is 4.39 Å². The van der Waals surface area contributed by atoms with Crippen LogP contribution in [0.15, 0.2) is 24.3 Å². The number of nitrogens with zero attached hydrogens (tertiary/aromatic N) is 2. The van der Waals surface area contributed by atoms with Crippen LogP contribution in [0.5, 0.6) is 0 Å². The summed E-state index contributed by atoms with van der Waals surface area (Å²) in [6, 6.07) is 6.90. The Labute approximate surface area is 121 Å². The second kappa shape index (κ2) is 7.16. The summed E-state index contributed by atoms with van der Waals surface area (Å²) in [5.41, 5.74) is 6.87. The van der Waals surface area contributed by atoms with E-state index in [-0.39, 0.29) is 17.9 Å². The number of hydrogen-bond donors (Lipinski definition) is 1. The average molecular weight is 279 g/mol. The van der Waals surface area contributed by atoms with Crippen molar-refractivity contribution in [3.8, 4) is 0 Å². The van der Waals surface area contributed by atoms with E-state index in [1.807, 2.05) is 19.1 Å². The van der Waals surface area contributed by atoms with Crippen molar-refractivity contribution in [3.05, 3.63) is 35.6 Å². The zero-order chi connectivity index (χ0) is 14.5. The van der Waals surface area contributed by atoms with Crippen molar-refractivity contribution in [3.63, 3.8) is 0 Å². The van der Waals surface area contributed by atoms with Gasteiger partial charge >= 0.3 is 0 Å². The first-order valence-corrected chi connectivity index (χ1v) is 7.60. The highest BCUT2D eigenvalue weighted by Crippen LogP contribution is 2.26. The largest absolute Gasteiger partial charge is 0.326 e. The Morgan fingerprint density at radius 3 is 2.40 bits per heavy atom. The third-order valence-electron chi connectivity index (χ3n) is 4.06. The summed E-state index contributed by atoms with van der Waals surface area (Å²) >= 11 is 0. The lowest BCUT2D eigenvalue weighted by molar-refractivity contribution is 0.0853. The van der Waals surface area contributed by atoms with Crippen LogP contribution in [0.4, 0.5) is 4.39 Å². The molecule has 0 amide bonds. The summed E-state index contributed by atoms with van der Waals surface area (Å²) in [4.78, 5) is 4.80. The van der Waals surface area contributed by atoms with Gasteiger partial charge in [-0.2, -0.15) is 0 Å². The number of rotatable bonds is 5. The van der Waals surface area contributed by atoms with Gasteiger partial charge in [-0.05, 0) is 26.0 Å². The fraction of sp³-hybridized carbons (Fsp3) is 0.625. The van der Waals surface area contributed by atoms with Crippen LogP contribution < -0.4 is 5.73 Å². The van der Waals surface area contributed by atoms with Gasteiger partial charge in [-0.15, -0.1) is 0 Å². The van der Waals surface area contributed by atoms with Gasteiger partial charge in [0.1, 0.15) is 5.82 Å². The summed E-state index contributed by atoms with van der Waals surface area (Å²) in [7, 11) is 0. The van der Waals surface area contributed by atoms with Gasteiger partial charge in [0.2, 0.25) is 0 Å². The fourth-order valence-corrected chi connectivity index (χ4v) is 3.11. The first kappa shape index (κ1) is 15.4. The Balaban J connectivity index is 2.09. The molecule has 2 N–H and O–H groups in total. The normalized spacial score (nSPS) is 20.8. The summed E-state index contributed by atoms with van der Waals surface area (Å²) in [5, 5.41) is 0. The molecule has 0 bridgehead atoms. The van der Waals surface area contributed by atoms with Crippen LogP contribution in [0.25, 0.3) is 0 Å². The predicted octanol–water partition coefficient (Wildman–Crippen LogP) is 2.24. The van der Waals surface area contributed by atoms with E-state index in [2.05, 4.69) is 16.7 Å². The standard InChI is InChI=1S/C16H26FN3/c1-3-8-19-9-11-20(12-10-19)16(13(2)18)14-6-4-5-7-15(14)17/h4-7,13,16H,3,8-12,18H2,1-2H3. The van der Waals surface area contributed by atoms with Crippen LogP contribution in [0.3, 0.4) is 0 Å². The molecule has 20 heavy (non-hydrogen) atoms. The highest BCUT2D eigenvalue weighted by molar-refractivity contribution is 5.23. The maximum Gasteiger partial charge on any atom is 0.128 e. The number of benzene rings is 1. The lowest BCUT2D eigenvalue weighted by Gasteiger charge is -2.41. The van der Waals surface area contributed by atoms with Crippen LogP contribution in [-0.4, -0.2) is 48.6 Å². The zero-order valence-electron chi connectivity index (χ0n) is 12.6. The topological polar surface area (TPSA) is 32.5 Å². The zero-order valence-corrected chi connectivity index (χ0v) is 12.6. The first-order valence-electron chi connectivity index (χ1n) is 7.60. The molecular formula is C16H26FN3. The Morgan fingerprint density at radius 1 is 1.20 bits per heavy atom. The molecule has 2 atom stereocenters. The highest BCUT2D eigenvalue weighted by atomic mass is 19.1. The van der Waals surface area contributed by atoms with Gasteiger partial charge in [0.15, 0.2) is 0 Å². The summed E-state index contributed by atoms with van der Waals surface area (Å²) < 4.78 is 14.1. The van der Waals surface area contributed by atoms with Crippen LogP contribution in [0, 0.1) is 5.82 Å². The number of hydrogen-bond acceptors (Lipinski definition) is 3. The molecule has 2 unspecified atom stereocenters. The minimum atomic E-state index is -0.147. The van der Waals surface area contributed by atoms with Crippen LogP contribution in [0.2, 0.25) is 0 Å². The molecule has 3 nitrogen and oxygen atoms in total. The molecule has 1 heterocycles. The van der Waals surface area contributed by atoms with Crippen LogP contribution in [-0.2, 0) is 0 Å². The van der Waals surface area contributed by atoms with Crippen molar-refractivity contribution in [2.75, 3.05) is 32.7 Å². The molecule has 0 radical (unpaired) electrons. The van der Waals surface area contributed by atoms with E-state index in [1.165, 1.54) is 12.5 Å². The van der Waals surface area contributed by atoms with Crippen molar-refractivity contribution in [1.29, 1.82) is 0 Å². The SMILES string of the molecule is CCCN1CCN(C(c2ccccc2F)C(C)N)CC1. The molecule has 2 rings (SSSR count). The molecular weight excluding hydrogens is 253 g/mol. The minimum absolute atomic E-state index is 0.0278. The second-order valence-corrected chi connectivity index (χ2v) is 5.70. The van der Waals surface area contributed by atoms with Crippen molar-refractivity contribution in [1.82, 2.24) is 9.80 Å². The lowest BCUT2D eigenvalue weighted by Crippen LogP contribution is -2.51. The third-order valence-corrected chi connectivity index (χ3v) is 4.06. The quantitative estimate of drug-likeness (QED) is 0.897. The van der Waals surface area contributed by atoms with E-state index < -0.39 is 0 Å². The maximum atomic E-state index is 14.1. The monoisotopic (exact) mass is 279 g/mol. The summed E-state index contributed by atoms with van der Waals surface area (Å²) in [6.07, 6.45) is 1.18. The number of halogens is 1. The van der Waals surface area contributed by atoms with Gasteiger partial charge in [0.25, 0.3) is 0 Å². The molecule has 1 aromatic rings. The molecule has 0 aliphatic carbocycles. The average Bonchev–Trinajstić information content (AvgIpc) is 2.43. The van der Waals surface area contributed by atoms with Gasteiger partial charge in [-0.25, -0.2) is 4.39 Å². The van der Waals surface area contributed by atoms with Crippen molar-refractivity contribution in [2.24, 2.45) is 5.73 Å². The smallest absolute Gasteiger partial charge is 0.128 e. The second-order valence-electron chi connectivity index (χ2n) is 5.70. The molecule has 0 aromatic heterocycles. The Hall–Kier alpha value is -0.970. The molecule has 1 aromatic carbocycles. The minimum Gasteiger partial charge on any atom is -0.326 e. The number of nitrogens with two attached hydrogens (primary N) is 1. The summed E-state index contributed by atoms with van der Waals surface area (Å²) in [5.74, 6) is -0.147. The first-order chi connectivity index (χ1) is 9.63. The predicted molar refractivity (Wildman–Crippen MR) is 81.1 cm³/mol. The number of piperazine rings is 1. The maximum absolute atomic E-state index is 14.1. The Bertz CT molecular complexity index is 414. The Kier molecular flexibility index (Phi) is 5.52. The molecule has 4 heteroatoms. The van der Waals surface area contributed by atoms with Crippen molar-refractivity contribution >= 4 is 0 Å². The van der Waals surface area contributed by atoms with Crippen LogP contribution >= 0.6 is 0 Å². The Morgan fingerprint density at radius 2 is 1.85 bits per heavy atom. The van der Waals surface area contributed by atoms with Gasteiger partial charge in [0.05, 0.1) is 6.04 Å². The molecule has 1 fully saturated rings. The molecule has 0 spiro atoms. The van der Waals surface area contributed by atoms with Gasteiger partial charge < -0.3 is 10.6 Å². The van der Waals surface area contributed by atoms with Crippen LogP contribution in [0.1, 0.15) is 31.9 Å². The molecule has 1 aliphatic heterocycles. The van der Waals surface area contributed by atoms with E-state index in [0.29, 0.717) is 0 Å². The van der Waals surface area contributed by atoms with Gasteiger partial charge in [-0.3, -0.25) is 4.90 Å². The van der Waals surface area contributed by atoms with E-state index in [0.717, 1.165) is 38.3 Å². The molecule has 0 saturated carbocycles. The van der Waals surface area contributed by atoms with Gasteiger partial charge in [-0.1, -0.05) is 25.1 Å². The van der Waals surface area contributed by atoms with Crippen molar-refractivity contribution in [2.45, 2.75) is 32.4 Å². The molecule has 112 valence electrons. The summed E-state index contributed by atoms with van der Waals surface area (Å²) in [6.45, 7) is 9.33. The molecule has 1 saturated heterocycles. The van der Waals surface area contributed by atoms with E-state index in [4.69, 9.17) is 5.73 Å². The van der Waals surface area contributed by atoms with E-state index in [1.54, 1.807) is 6.07 Å². The highest BCUT2D eigenvalue weighted by Gasteiger charge is 2.28. The fourth-order valence-electron chi connectivity index (χ4n) is 3.11. The lowest BCUT2D eigenvalue weighted by atomic mass is 9.98. The molecule has 1 aliphatic rings. The third kappa shape index (κ3) is 3.57.